The van der Waals surface area contributed by atoms with Crippen LogP contribution in [0.5, 0.6) is 5.75 Å². The predicted octanol–water partition coefficient (Wildman–Crippen LogP) is 6.67. The molecular weight excluding hydrogens is 430 g/mol. The highest BCUT2D eigenvalue weighted by Crippen LogP contribution is 2.26. The number of hydrogen-bond donors (Lipinski definition) is 2. The summed E-state index contributed by atoms with van der Waals surface area (Å²) in [4.78, 5) is 4.58. The average molecular weight is 448 g/mol. The molecule has 0 saturated heterocycles. The quantitative estimate of drug-likeness (QED) is 0.188. The van der Waals surface area contributed by atoms with Gasteiger partial charge in [0, 0.05) is 10.6 Å². The van der Waals surface area contributed by atoms with Crippen LogP contribution in [0.25, 0.3) is 21.9 Å². The van der Waals surface area contributed by atoms with Crippen molar-refractivity contribution < 1.29 is 9.47 Å². The molecule has 0 fully saturated rings. The Labute approximate surface area is 188 Å². The van der Waals surface area contributed by atoms with E-state index >= 15 is 0 Å². The number of para-hydroxylation sites is 1. The second kappa shape index (κ2) is 9.55. The van der Waals surface area contributed by atoms with E-state index in [4.69, 9.17) is 31.9 Å². The summed E-state index contributed by atoms with van der Waals surface area (Å²) in [5, 5.41) is 16.9. The van der Waals surface area contributed by atoms with E-state index in [9.17, 15) is 0 Å². The number of thiazole rings is 1. The van der Waals surface area contributed by atoms with Gasteiger partial charge in [0.2, 0.25) is 5.90 Å². The van der Waals surface area contributed by atoms with Gasteiger partial charge < -0.3 is 9.47 Å². The SMILES string of the molecule is N=COC(=N)C(=Cc1ccc(Cl)cc1)c1ccc(OCc2nc3ccccc3s2)cc1. The number of fused-ring (bicyclic) bond motifs is 1. The van der Waals surface area contributed by atoms with Crippen molar-refractivity contribution in [2.24, 2.45) is 0 Å². The van der Waals surface area contributed by atoms with Crippen LogP contribution in [-0.4, -0.2) is 17.3 Å². The van der Waals surface area contributed by atoms with Crippen molar-refractivity contribution in [3.63, 3.8) is 0 Å². The topological polar surface area (TPSA) is 79.0 Å². The van der Waals surface area contributed by atoms with Gasteiger partial charge in [0.25, 0.3) is 0 Å². The maximum Gasteiger partial charge on any atom is 0.221 e. The summed E-state index contributed by atoms with van der Waals surface area (Å²) in [5.74, 6) is 0.585. The third kappa shape index (κ3) is 5.17. The molecule has 0 unspecified atom stereocenters. The third-order valence-corrected chi connectivity index (χ3v) is 5.73. The van der Waals surface area contributed by atoms with Gasteiger partial charge in [-0.1, -0.05) is 48.0 Å². The highest BCUT2D eigenvalue weighted by atomic mass is 35.5. The zero-order chi connectivity index (χ0) is 21.6. The lowest BCUT2D eigenvalue weighted by molar-refractivity contribution is 0.306. The summed E-state index contributed by atoms with van der Waals surface area (Å²) in [6.45, 7) is 0.388. The van der Waals surface area contributed by atoms with Crippen LogP contribution in [0.1, 0.15) is 16.1 Å². The molecule has 0 saturated carbocycles. The van der Waals surface area contributed by atoms with E-state index in [2.05, 4.69) is 4.98 Å². The van der Waals surface area contributed by atoms with Crippen molar-refractivity contribution in [3.05, 3.63) is 94.0 Å². The minimum absolute atomic E-state index is 0.118. The Balaban J connectivity index is 1.52. The van der Waals surface area contributed by atoms with Gasteiger partial charge in [-0.2, -0.15) is 0 Å². The number of hydrogen-bond acceptors (Lipinski definition) is 6. The molecule has 154 valence electrons. The van der Waals surface area contributed by atoms with Crippen molar-refractivity contribution >= 4 is 57.1 Å². The number of benzene rings is 3. The van der Waals surface area contributed by atoms with E-state index in [1.165, 1.54) is 0 Å². The Kier molecular flexibility index (Phi) is 6.40. The van der Waals surface area contributed by atoms with Crippen LogP contribution in [0.15, 0.2) is 72.8 Å². The first-order chi connectivity index (χ1) is 15.1. The molecule has 0 bridgehead atoms. The van der Waals surface area contributed by atoms with Gasteiger partial charge >= 0.3 is 0 Å². The molecule has 0 radical (unpaired) electrons. The van der Waals surface area contributed by atoms with E-state index in [1.807, 2.05) is 66.7 Å². The monoisotopic (exact) mass is 447 g/mol. The van der Waals surface area contributed by atoms with E-state index in [1.54, 1.807) is 23.5 Å². The molecule has 1 heterocycles. The molecular formula is C24H18ClN3O2S. The summed E-state index contributed by atoms with van der Waals surface area (Å²) in [7, 11) is 0. The molecule has 5 nitrogen and oxygen atoms in total. The minimum Gasteiger partial charge on any atom is -0.486 e. The Hall–Kier alpha value is -3.48. The molecule has 4 aromatic rings. The van der Waals surface area contributed by atoms with E-state index in [-0.39, 0.29) is 5.90 Å². The second-order valence-corrected chi connectivity index (χ2v) is 8.11. The van der Waals surface area contributed by atoms with Gasteiger partial charge in [0.15, 0.2) is 6.40 Å². The molecule has 0 aliphatic rings. The number of rotatable bonds is 7. The van der Waals surface area contributed by atoms with Crippen LogP contribution in [0.4, 0.5) is 0 Å². The van der Waals surface area contributed by atoms with Crippen molar-refractivity contribution in [2.45, 2.75) is 6.61 Å². The van der Waals surface area contributed by atoms with Gasteiger partial charge in [0.1, 0.15) is 17.4 Å². The Bertz CT molecular complexity index is 1220. The van der Waals surface area contributed by atoms with E-state index in [0.29, 0.717) is 23.0 Å². The lowest BCUT2D eigenvalue weighted by atomic mass is 10.0. The standard InChI is InChI=1S/C24H18ClN3O2S/c25-18-9-5-16(6-10-18)13-20(24(27)30-15-26)17-7-11-19(12-8-17)29-14-23-28-21-3-1-2-4-22(21)31-23/h1-13,15,26-27H,14H2. The van der Waals surface area contributed by atoms with Gasteiger partial charge in [-0.25, -0.2) is 4.98 Å². The Morgan fingerprint density at radius 1 is 1.00 bits per heavy atom. The molecule has 0 aliphatic carbocycles. The van der Waals surface area contributed by atoms with Crippen LogP contribution in [0.3, 0.4) is 0 Å². The lowest BCUT2D eigenvalue weighted by Gasteiger charge is -2.10. The van der Waals surface area contributed by atoms with E-state index < -0.39 is 0 Å². The molecule has 0 amide bonds. The van der Waals surface area contributed by atoms with Crippen molar-refractivity contribution in [2.75, 3.05) is 0 Å². The van der Waals surface area contributed by atoms with Gasteiger partial charge in [-0.15, -0.1) is 11.3 Å². The predicted molar refractivity (Wildman–Crippen MR) is 127 cm³/mol. The number of aromatic nitrogens is 1. The third-order valence-electron chi connectivity index (χ3n) is 4.47. The molecule has 0 spiro atoms. The summed E-state index contributed by atoms with van der Waals surface area (Å²) in [6, 6.07) is 22.7. The number of ether oxygens (including phenoxy) is 2. The van der Waals surface area contributed by atoms with Crippen LogP contribution < -0.4 is 4.74 Å². The molecule has 0 atom stereocenters. The zero-order valence-electron chi connectivity index (χ0n) is 16.3. The fourth-order valence-electron chi connectivity index (χ4n) is 2.99. The van der Waals surface area contributed by atoms with Gasteiger partial charge in [0.05, 0.1) is 10.2 Å². The van der Waals surface area contributed by atoms with Gasteiger partial charge in [-0.3, -0.25) is 10.8 Å². The van der Waals surface area contributed by atoms with E-state index in [0.717, 1.165) is 32.8 Å². The average Bonchev–Trinajstić information content (AvgIpc) is 3.21. The van der Waals surface area contributed by atoms with Crippen LogP contribution >= 0.6 is 22.9 Å². The fraction of sp³-hybridized carbons (Fsp3) is 0.0417. The largest absolute Gasteiger partial charge is 0.486 e. The number of nitrogens with zero attached hydrogens (tertiary/aromatic N) is 1. The molecule has 4 rings (SSSR count). The number of nitrogens with one attached hydrogen (secondary N) is 2. The van der Waals surface area contributed by atoms with Crippen LogP contribution in [0, 0.1) is 10.8 Å². The van der Waals surface area contributed by atoms with Gasteiger partial charge in [-0.05, 0) is 53.6 Å². The maximum atomic E-state index is 8.17. The Morgan fingerprint density at radius 2 is 1.74 bits per heavy atom. The first-order valence-electron chi connectivity index (χ1n) is 9.42. The van der Waals surface area contributed by atoms with Crippen molar-refractivity contribution in [1.82, 2.24) is 4.98 Å². The fourth-order valence-corrected chi connectivity index (χ4v) is 3.99. The van der Waals surface area contributed by atoms with Crippen molar-refractivity contribution in [3.8, 4) is 5.75 Å². The second-order valence-electron chi connectivity index (χ2n) is 6.56. The first-order valence-corrected chi connectivity index (χ1v) is 10.6. The molecule has 7 heteroatoms. The number of halogens is 1. The molecule has 0 aliphatic heterocycles. The smallest absolute Gasteiger partial charge is 0.221 e. The molecule has 1 aromatic heterocycles. The first kappa shape index (κ1) is 20.8. The normalized spacial score (nSPS) is 11.3. The maximum absolute atomic E-state index is 8.17. The summed E-state index contributed by atoms with van der Waals surface area (Å²) in [5.41, 5.74) is 3.16. The highest BCUT2D eigenvalue weighted by Gasteiger charge is 2.11. The lowest BCUT2D eigenvalue weighted by Crippen LogP contribution is -2.05. The molecule has 31 heavy (non-hydrogen) atoms. The molecule has 3 aromatic carbocycles. The van der Waals surface area contributed by atoms with Crippen LogP contribution in [-0.2, 0) is 11.3 Å². The Morgan fingerprint density at radius 3 is 2.45 bits per heavy atom. The van der Waals surface area contributed by atoms with Crippen LogP contribution in [0.2, 0.25) is 5.02 Å². The summed E-state index contributed by atoms with van der Waals surface area (Å²) in [6.07, 6.45) is 2.56. The zero-order valence-corrected chi connectivity index (χ0v) is 17.9. The molecule has 2 N–H and O–H groups in total. The summed E-state index contributed by atoms with van der Waals surface area (Å²) >= 11 is 7.57. The highest BCUT2D eigenvalue weighted by molar-refractivity contribution is 7.18. The van der Waals surface area contributed by atoms with Crippen molar-refractivity contribution in [1.29, 1.82) is 10.8 Å². The summed E-state index contributed by atoms with van der Waals surface area (Å²) < 4.78 is 12.0. The minimum atomic E-state index is -0.118.